The number of benzene rings is 2. The lowest BCUT2D eigenvalue weighted by molar-refractivity contribution is -0.136. The zero-order chi connectivity index (χ0) is 15.0. The second-order valence-electron chi connectivity index (χ2n) is 5.11. The average molecular weight is 283 g/mol. The summed E-state index contributed by atoms with van der Waals surface area (Å²) in [6.07, 6.45) is 1.70. The number of nitrogens with one attached hydrogen (secondary N) is 1. The van der Waals surface area contributed by atoms with Crippen LogP contribution in [0, 0.1) is 12.7 Å². The number of H-pyrrole nitrogens is 1. The molecule has 106 valence electrons. The van der Waals surface area contributed by atoms with E-state index in [1.54, 1.807) is 25.3 Å². The number of carbonyl (C=O) groups is 1. The highest BCUT2D eigenvalue weighted by Crippen LogP contribution is 2.27. The fourth-order valence-corrected chi connectivity index (χ4v) is 2.49. The highest BCUT2D eigenvalue weighted by atomic mass is 19.1. The molecule has 1 aromatic heterocycles. The van der Waals surface area contributed by atoms with Crippen molar-refractivity contribution in [3.8, 4) is 11.1 Å². The van der Waals surface area contributed by atoms with Gasteiger partial charge >= 0.3 is 5.97 Å². The maximum absolute atomic E-state index is 13.4. The Morgan fingerprint density at radius 2 is 1.90 bits per heavy atom. The Bertz CT molecular complexity index is 836. The summed E-state index contributed by atoms with van der Waals surface area (Å²) in [5.41, 5.74) is 4.09. The normalized spacial score (nSPS) is 11.0. The maximum atomic E-state index is 13.4. The van der Waals surface area contributed by atoms with Crippen LogP contribution in [0.4, 0.5) is 4.39 Å². The number of halogens is 1. The van der Waals surface area contributed by atoms with Crippen LogP contribution < -0.4 is 0 Å². The van der Waals surface area contributed by atoms with Gasteiger partial charge in [-0.05, 0) is 53.4 Å². The van der Waals surface area contributed by atoms with Gasteiger partial charge in [-0.1, -0.05) is 12.1 Å². The summed E-state index contributed by atoms with van der Waals surface area (Å²) in [4.78, 5) is 14.0. The number of rotatable bonds is 3. The molecule has 1 heterocycles. The van der Waals surface area contributed by atoms with Gasteiger partial charge in [0.15, 0.2) is 0 Å². The number of aliphatic carboxylic acids is 1. The Morgan fingerprint density at radius 1 is 1.19 bits per heavy atom. The van der Waals surface area contributed by atoms with Crippen molar-refractivity contribution in [2.24, 2.45) is 0 Å². The van der Waals surface area contributed by atoms with Crippen LogP contribution >= 0.6 is 0 Å². The lowest BCUT2D eigenvalue weighted by Crippen LogP contribution is -1.98. The first-order chi connectivity index (χ1) is 10.0. The van der Waals surface area contributed by atoms with Crippen molar-refractivity contribution < 1.29 is 14.3 Å². The van der Waals surface area contributed by atoms with Gasteiger partial charge in [0.2, 0.25) is 0 Å². The predicted octanol–water partition coefficient (Wildman–Crippen LogP) is 3.91. The molecule has 0 atom stereocenters. The lowest BCUT2D eigenvalue weighted by Gasteiger charge is -2.05. The third-order valence-electron chi connectivity index (χ3n) is 3.60. The Hall–Kier alpha value is -2.62. The summed E-state index contributed by atoms with van der Waals surface area (Å²) in [5.74, 6) is -1.09. The van der Waals surface area contributed by atoms with Gasteiger partial charge in [-0.25, -0.2) is 4.39 Å². The molecule has 3 aromatic rings. The standard InChI is InChI=1S/C17H14FNO2/c1-10-6-11(2-4-15(10)18)12-3-5-16-14(7-12)13(9-19-16)8-17(20)21/h2-7,9,19H,8H2,1H3,(H,20,21). The quantitative estimate of drug-likeness (QED) is 0.765. The Balaban J connectivity index is 2.10. The molecule has 4 heteroatoms. The van der Waals surface area contributed by atoms with Crippen molar-refractivity contribution in [3.63, 3.8) is 0 Å². The van der Waals surface area contributed by atoms with E-state index in [-0.39, 0.29) is 12.2 Å². The number of carboxylic acid groups (broad SMARTS) is 1. The maximum Gasteiger partial charge on any atom is 0.307 e. The molecule has 0 amide bonds. The second kappa shape index (κ2) is 5.05. The minimum Gasteiger partial charge on any atom is -0.481 e. The molecule has 0 aliphatic rings. The minimum atomic E-state index is -0.862. The summed E-state index contributed by atoms with van der Waals surface area (Å²) in [5, 5.41) is 9.83. The Kier molecular flexibility index (Phi) is 3.22. The van der Waals surface area contributed by atoms with E-state index in [1.165, 1.54) is 6.07 Å². The van der Waals surface area contributed by atoms with Gasteiger partial charge in [0.1, 0.15) is 5.82 Å². The first kappa shape index (κ1) is 13.4. The van der Waals surface area contributed by atoms with Gasteiger partial charge in [0, 0.05) is 17.1 Å². The number of fused-ring (bicyclic) bond motifs is 1. The molecule has 3 rings (SSSR count). The molecule has 0 unspecified atom stereocenters. The zero-order valence-corrected chi connectivity index (χ0v) is 11.5. The van der Waals surface area contributed by atoms with E-state index in [0.717, 1.165) is 27.6 Å². The van der Waals surface area contributed by atoms with E-state index >= 15 is 0 Å². The minimum absolute atomic E-state index is 0.0219. The van der Waals surface area contributed by atoms with Crippen molar-refractivity contribution in [1.82, 2.24) is 4.98 Å². The molecule has 2 N–H and O–H groups in total. The topological polar surface area (TPSA) is 53.1 Å². The molecule has 0 radical (unpaired) electrons. The van der Waals surface area contributed by atoms with E-state index in [2.05, 4.69) is 4.98 Å². The third kappa shape index (κ3) is 2.52. The highest BCUT2D eigenvalue weighted by Gasteiger charge is 2.09. The zero-order valence-electron chi connectivity index (χ0n) is 11.5. The lowest BCUT2D eigenvalue weighted by atomic mass is 10.0. The van der Waals surface area contributed by atoms with Crippen molar-refractivity contribution in [2.45, 2.75) is 13.3 Å². The molecule has 0 aliphatic heterocycles. The number of hydrogen-bond acceptors (Lipinski definition) is 1. The number of aromatic amines is 1. The Morgan fingerprint density at radius 3 is 2.62 bits per heavy atom. The monoisotopic (exact) mass is 283 g/mol. The number of carboxylic acids is 1. The molecular formula is C17H14FNO2. The summed E-state index contributed by atoms with van der Waals surface area (Å²) in [6.45, 7) is 1.73. The molecular weight excluding hydrogens is 269 g/mol. The molecule has 0 fully saturated rings. The summed E-state index contributed by atoms with van der Waals surface area (Å²) < 4.78 is 13.4. The first-order valence-electron chi connectivity index (χ1n) is 6.63. The van der Waals surface area contributed by atoms with Crippen LogP contribution in [-0.4, -0.2) is 16.1 Å². The fraction of sp³-hybridized carbons (Fsp3) is 0.118. The molecule has 0 saturated carbocycles. The first-order valence-corrected chi connectivity index (χ1v) is 6.63. The van der Waals surface area contributed by atoms with Gasteiger partial charge in [0.05, 0.1) is 6.42 Å². The van der Waals surface area contributed by atoms with Crippen LogP contribution in [0.3, 0.4) is 0 Å². The van der Waals surface area contributed by atoms with Crippen molar-refractivity contribution in [3.05, 3.63) is 59.5 Å². The largest absolute Gasteiger partial charge is 0.481 e. The van der Waals surface area contributed by atoms with E-state index in [0.29, 0.717) is 5.56 Å². The number of aryl methyl sites for hydroxylation is 1. The fourth-order valence-electron chi connectivity index (χ4n) is 2.49. The molecule has 2 aromatic carbocycles. The second-order valence-corrected chi connectivity index (χ2v) is 5.11. The average Bonchev–Trinajstić information content (AvgIpc) is 2.84. The van der Waals surface area contributed by atoms with Gasteiger partial charge in [-0.15, -0.1) is 0 Å². The van der Waals surface area contributed by atoms with Crippen LogP contribution in [0.5, 0.6) is 0 Å². The van der Waals surface area contributed by atoms with Crippen LogP contribution in [0.15, 0.2) is 42.6 Å². The van der Waals surface area contributed by atoms with Gasteiger partial charge in [0.25, 0.3) is 0 Å². The van der Waals surface area contributed by atoms with Crippen molar-refractivity contribution >= 4 is 16.9 Å². The SMILES string of the molecule is Cc1cc(-c2ccc3[nH]cc(CC(=O)O)c3c2)ccc1F. The van der Waals surface area contributed by atoms with Crippen LogP contribution in [0.25, 0.3) is 22.0 Å². The molecule has 0 aliphatic carbocycles. The van der Waals surface area contributed by atoms with E-state index < -0.39 is 5.97 Å². The summed E-state index contributed by atoms with van der Waals surface area (Å²) >= 11 is 0. The van der Waals surface area contributed by atoms with Crippen molar-refractivity contribution in [2.75, 3.05) is 0 Å². The van der Waals surface area contributed by atoms with Gasteiger partial charge in [-0.2, -0.15) is 0 Å². The van der Waals surface area contributed by atoms with E-state index in [4.69, 9.17) is 5.11 Å². The Labute approximate surface area is 121 Å². The third-order valence-corrected chi connectivity index (χ3v) is 3.60. The molecule has 0 saturated heterocycles. The smallest absolute Gasteiger partial charge is 0.307 e. The van der Waals surface area contributed by atoms with E-state index in [9.17, 15) is 9.18 Å². The highest BCUT2D eigenvalue weighted by molar-refractivity contribution is 5.90. The number of aromatic nitrogens is 1. The number of hydrogen-bond donors (Lipinski definition) is 2. The summed E-state index contributed by atoms with van der Waals surface area (Å²) in [7, 11) is 0. The van der Waals surface area contributed by atoms with Crippen LogP contribution in [-0.2, 0) is 11.2 Å². The van der Waals surface area contributed by atoms with Crippen LogP contribution in [0.1, 0.15) is 11.1 Å². The molecule has 3 nitrogen and oxygen atoms in total. The van der Waals surface area contributed by atoms with Crippen molar-refractivity contribution in [1.29, 1.82) is 0 Å². The summed E-state index contributed by atoms with van der Waals surface area (Å²) in [6, 6.07) is 10.8. The molecule has 0 bridgehead atoms. The van der Waals surface area contributed by atoms with Crippen LogP contribution in [0.2, 0.25) is 0 Å². The molecule has 0 spiro atoms. The predicted molar refractivity (Wildman–Crippen MR) is 79.8 cm³/mol. The van der Waals surface area contributed by atoms with Gasteiger partial charge < -0.3 is 10.1 Å². The van der Waals surface area contributed by atoms with Gasteiger partial charge in [-0.3, -0.25) is 4.79 Å². The van der Waals surface area contributed by atoms with E-state index in [1.807, 2.05) is 18.2 Å². The molecule has 21 heavy (non-hydrogen) atoms.